The summed E-state index contributed by atoms with van der Waals surface area (Å²) in [6, 6.07) is 1.67. The molecule has 0 atom stereocenters. The minimum Gasteiger partial charge on any atom is -0.252 e. The predicted octanol–water partition coefficient (Wildman–Crippen LogP) is -0.504. The van der Waals surface area contributed by atoms with E-state index >= 15 is 0 Å². The van der Waals surface area contributed by atoms with E-state index in [1.165, 1.54) is 8.99 Å². The first-order valence-corrected chi connectivity index (χ1v) is 5.30. The van der Waals surface area contributed by atoms with E-state index < -0.39 is 10.2 Å². The predicted molar refractivity (Wildman–Crippen MR) is 54.7 cm³/mol. The van der Waals surface area contributed by atoms with Gasteiger partial charge in [0.2, 0.25) is 0 Å². The lowest BCUT2D eigenvalue weighted by Gasteiger charge is -2.14. The van der Waals surface area contributed by atoms with Crippen molar-refractivity contribution in [2.24, 2.45) is 7.05 Å². The maximum absolute atomic E-state index is 11.4. The largest absolute Gasteiger partial charge is 0.302 e. The Morgan fingerprint density at radius 1 is 1.57 bits per heavy atom. The van der Waals surface area contributed by atoms with Gasteiger partial charge in [-0.3, -0.25) is 4.68 Å². The number of hydrogen-bond donors (Lipinski definition) is 1. The van der Waals surface area contributed by atoms with Gasteiger partial charge in [0.15, 0.2) is 0 Å². The molecule has 1 N–H and O–H groups in total. The van der Waals surface area contributed by atoms with Crippen LogP contribution in [0.1, 0.15) is 0 Å². The molecular formula is C6H11ClN4O2S. The van der Waals surface area contributed by atoms with Gasteiger partial charge < -0.3 is 0 Å². The van der Waals surface area contributed by atoms with Crippen molar-refractivity contribution in [2.45, 2.75) is 0 Å². The highest BCUT2D eigenvalue weighted by molar-refractivity contribution is 7.91. The number of anilines is 1. The van der Waals surface area contributed by atoms with Crippen LogP contribution in [0.25, 0.3) is 0 Å². The van der Waals surface area contributed by atoms with Crippen molar-refractivity contribution >= 4 is 28.4 Å². The first-order chi connectivity index (χ1) is 6.11. The molecule has 0 spiro atoms. The summed E-state index contributed by atoms with van der Waals surface area (Å²) in [5, 5.41) is 3.91. The molecule has 1 aliphatic heterocycles. The van der Waals surface area contributed by atoms with E-state index in [0.717, 1.165) is 0 Å². The van der Waals surface area contributed by atoms with Gasteiger partial charge in [-0.05, 0) is 0 Å². The van der Waals surface area contributed by atoms with Gasteiger partial charge in [-0.15, -0.1) is 12.4 Å². The fourth-order valence-corrected chi connectivity index (χ4v) is 2.59. The Morgan fingerprint density at radius 3 is 2.71 bits per heavy atom. The van der Waals surface area contributed by atoms with Crippen molar-refractivity contribution in [1.29, 1.82) is 0 Å². The van der Waals surface area contributed by atoms with Crippen LogP contribution in [-0.2, 0) is 17.3 Å². The molecule has 2 heterocycles. The number of aryl methyl sites for hydroxylation is 1. The zero-order chi connectivity index (χ0) is 9.47. The summed E-state index contributed by atoms with van der Waals surface area (Å²) < 4.78 is 28.0. The summed E-state index contributed by atoms with van der Waals surface area (Å²) in [4.78, 5) is 0. The molecule has 1 saturated heterocycles. The molecule has 0 unspecified atom stereocenters. The highest BCUT2D eigenvalue weighted by Gasteiger charge is 2.29. The van der Waals surface area contributed by atoms with Crippen molar-refractivity contribution < 1.29 is 8.42 Å². The molecule has 0 saturated carbocycles. The SMILES string of the molecule is Cl.Cn1nccc1N1CCNS1(=O)=O. The topological polar surface area (TPSA) is 67.2 Å². The van der Waals surface area contributed by atoms with Gasteiger partial charge in [0.25, 0.3) is 0 Å². The molecular weight excluding hydrogens is 228 g/mol. The third-order valence-corrected chi connectivity index (χ3v) is 3.46. The number of nitrogens with one attached hydrogen (secondary N) is 1. The fourth-order valence-electron chi connectivity index (χ4n) is 1.32. The van der Waals surface area contributed by atoms with Gasteiger partial charge in [-0.1, -0.05) is 0 Å². The van der Waals surface area contributed by atoms with Crippen molar-refractivity contribution in [3.8, 4) is 0 Å². The number of halogens is 1. The molecule has 2 rings (SSSR count). The minimum atomic E-state index is -3.31. The Labute approximate surface area is 88.5 Å². The van der Waals surface area contributed by atoms with E-state index in [1.807, 2.05) is 0 Å². The quantitative estimate of drug-likeness (QED) is 0.717. The third-order valence-electron chi connectivity index (χ3n) is 1.94. The summed E-state index contributed by atoms with van der Waals surface area (Å²) in [6.45, 7) is 0.912. The Morgan fingerprint density at radius 2 is 2.29 bits per heavy atom. The van der Waals surface area contributed by atoms with E-state index in [2.05, 4.69) is 9.82 Å². The highest BCUT2D eigenvalue weighted by atomic mass is 35.5. The lowest BCUT2D eigenvalue weighted by Crippen LogP contribution is -2.30. The van der Waals surface area contributed by atoms with Crippen LogP contribution in [0.5, 0.6) is 0 Å². The molecule has 1 fully saturated rings. The molecule has 8 heteroatoms. The Bertz CT molecular complexity index is 415. The smallest absolute Gasteiger partial charge is 0.252 e. The van der Waals surface area contributed by atoms with Crippen LogP contribution >= 0.6 is 12.4 Å². The number of hydrogen-bond acceptors (Lipinski definition) is 3. The average Bonchev–Trinajstić information content (AvgIpc) is 2.56. The fraction of sp³-hybridized carbons (Fsp3) is 0.500. The van der Waals surface area contributed by atoms with Gasteiger partial charge >= 0.3 is 10.2 Å². The van der Waals surface area contributed by atoms with E-state index in [-0.39, 0.29) is 12.4 Å². The van der Waals surface area contributed by atoms with E-state index in [9.17, 15) is 8.42 Å². The van der Waals surface area contributed by atoms with Crippen LogP contribution in [0.15, 0.2) is 12.3 Å². The Kier molecular flexibility index (Phi) is 3.03. The van der Waals surface area contributed by atoms with Gasteiger partial charge in [-0.2, -0.15) is 18.2 Å². The summed E-state index contributed by atoms with van der Waals surface area (Å²) in [5.41, 5.74) is 0. The number of aromatic nitrogens is 2. The number of rotatable bonds is 1. The summed E-state index contributed by atoms with van der Waals surface area (Å²) in [5.74, 6) is 0.588. The lowest BCUT2D eigenvalue weighted by molar-refractivity contribution is 0.590. The van der Waals surface area contributed by atoms with Crippen LogP contribution in [-0.4, -0.2) is 31.3 Å². The molecule has 1 aliphatic rings. The van der Waals surface area contributed by atoms with Crippen LogP contribution in [0.2, 0.25) is 0 Å². The zero-order valence-corrected chi connectivity index (χ0v) is 9.18. The molecule has 1 aromatic rings. The van der Waals surface area contributed by atoms with Gasteiger partial charge in [0, 0.05) is 19.7 Å². The zero-order valence-electron chi connectivity index (χ0n) is 7.54. The second kappa shape index (κ2) is 3.76. The van der Waals surface area contributed by atoms with Gasteiger partial charge in [0.05, 0.1) is 12.7 Å². The maximum atomic E-state index is 11.4. The van der Waals surface area contributed by atoms with Crippen molar-refractivity contribution in [2.75, 3.05) is 17.4 Å². The Balaban J connectivity index is 0.000000980. The second-order valence-electron chi connectivity index (χ2n) is 2.78. The standard InChI is InChI=1S/C6H10N4O2S.ClH/c1-9-6(2-3-7-9)10-5-4-8-13(10,11)12;/h2-3,8H,4-5H2,1H3;1H. The Hall–Kier alpha value is -0.790. The second-order valence-corrected chi connectivity index (χ2v) is 4.46. The molecule has 0 bridgehead atoms. The van der Waals surface area contributed by atoms with E-state index in [4.69, 9.17) is 0 Å². The maximum Gasteiger partial charge on any atom is 0.302 e. The van der Waals surface area contributed by atoms with Crippen LogP contribution < -0.4 is 9.03 Å². The van der Waals surface area contributed by atoms with E-state index in [1.54, 1.807) is 19.3 Å². The van der Waals surface area contributed by atoms with Gasteiger partial charge in [-0.25, -0.2) is 4.31 Å². The monoisotopic (exact) mass is 238 g/mol. The minimum absolute atomic E-state index is 0. The normalized spacial score (nSPS) is 19.4. The molecule has 80 valence electrons. The molecule has 0 aromatic carbocycles. The average molecular weight is 239 g/mol. The summed E-state index contributed by atoms with van der Waals surface area (Å²) >= 11 is 0. The molecule has 0 radical (unpaired) electrons. The summed E-state index contributed by atoms with van der Waals surface area (Å²) in [7, 11) is -1.60. The number of nitrogens with zero attached hydrogens (tertiary/aromatic N) is 3. The molecule has 1 aromatic heterocycles. The van der Waals surface area contributed by atoms with Crippen molar-refractivity contribution in [3.63, 3.8) is 0 Å². The molecule has 14 heavy (non-hydrogen) atoms. The molecule has 0 amide bonds. The summed E-state index contributed by atoms with van der Waals surface area (Å²) in [6.07, 6.45) is 1.57. The van der Waals surface area contributed by atoms with Crippen LogP contribution in [0.3, 0.4) is 0 Å². The van der Waals surface area contributed by atoms with Crippen molar-refractivity contribution in [1.82, 2.24) is 14.5 Å². The third kappa shape index (κ3) is 1.70. The molecule has 0 aliphatic carbocycles. The van der Waals surface area contributed by atoms with Crippen LogP contribution in [0.4, 0.5) is 5.82 Å². The van der Waals surface area contributed by atoms with E-state index in [0.29, 0.717) is 18.9 Å². The lowest BCUT2D eigenvalue weighted by atomic mass is 10.5. The first-order valence-electron chi connectivity index (χ1n) is 3.86. The van der Waals surface area contributed by atoms with Gasteiger partial charge in [0.1, 0.15) is 5.82 Å². The first kappa shape index (κ1) is 11.3. The molecule has 6 nitrogen and oxygen atoms in total. The van der Waals surface area contributed by atoms with Crippen molar-refractivity contribution in [3.05, 3.63) is 12.3 Å². The van der Waals surface area contributed by atoms with Crippen LogP contribution in [0, 0.1) is 0 Å². The highest BCUT2D eigenvalue weighted by Crippen LogP contribution is 2.17.